The van der Waals surface area contributed by atoms with Gasteiger partial charge in [-0.25, -0.2) is 4.98 Å². The zero-order valence-electron chi connectivity index (χ0n) is 11.8. The predicted octanol–water partition coefficient (Wildman–Crippen LogP) is 4.36. The highest BCUT2D eigenvalue weighted by atomic mass is 35.5. The summed E-state index contributed by atoms with van der Waals surface area (Å²) in [4.78, 5) is 8.23. The quantitative estimate of drug-likeness (QED) is 0.808. The first-order valence-electron chi connectivity index (χ1n) is 6.85. The number of halogens is 1. The van der Waals surface area contributed by atoms with Crippen LogP contribution in [0.3, 0.4) is 0 Å². The van der Waals surface area contributed by atoms with Gasteiger partial charge in [-0.05, 0) is 31.2 Å². The Morgan fingerprint density at radius 2 is 2.05 bits per heavy atom. The summed E-state index contributed by atoms with van der Waals surface area (Å²) in [5.74, 6) is 2.13. The summed E-state index contributed by atoms with van der Waals surface area (Å²) in [6.07, 6.45) is 1.91. The van der Waals surface area contributed by atoms with E-state index < -0.39 is 0 Å². The van der Waals surface area contributed by atoms with Crippen molar-refractivity contribution in [2.24, 2.45) is 5.92 Å². The first kappa shape index (κ1) is 14.1. The molecule has 102 valence electrons. The van der Waals surface area contributed by atoms with Crippen LogP contribution in [-0.2, 0) is 12.8 Å². The Labute approximate surface area is 120 Å². The molecule has 0 bridgehead atoms. The van der Waals surface area contributed by atoms with E-state index in [1.807, 2.05) is 0 Å². The first-order valence-corrected chi connectivity index (χ1v) is 7.38. The number of alkyl halides is 1. The maximum absolute atomic E-state index is 5.91. The molecular weight excluding hydrogens is 256 g/mol. The number of imidazole rings is 1. The summed E-state index contributed by atoms with van der Waals surface area (Å²) in [5.41, 5.74) is 4.82. The minimum absolute atomic E-state index is 0.470. The van der Waals surface area contributed by atoms with Gasteiger partial charge in [0.1, 0.15) is 5.82 Å². The SMILES string of the molecule is CCc1nc(-c2ccccc2C)[nH]c1CC(C)CCl. The average molecular weight is 277 g/mol. The van der Waals surface area contributed by atoms with E-state index >= 15 is 0 Å². The number of nitrogens with one attached hydrogen (secondary N) is 1. The van der Waals surface area contributed by atoms with E-state index in [0.717, 1.165) is 24.4 Å². The molecule has 2 rings (SSSR count). The van der Waals surface area contributed by atoms with Crippen molar-refractivity contribution < 1.29 is 0 Å². The second-order valence-corrected chi connectivity index (χ2v) is 5.45. The summed E-state index contributed by atoms with van der Waals surface area (Å²) in [6, 6.07) is 8.34. The fraction of sp³-hybridized carbons (Fsp3) is 0.438. The second-order valence-electron chi connectivity index (χ2n) is 5.14. The van der Waals surface area contributed by atoms with Crippen LogP contribution >= 0.6 is 11.6 Å². The Balaban J connectivity index is 2.36. The van der Waals surface area contributed by atoms with Crippen molar-refractivity contribution in [2.75, 3.05) is 5.88 Å². The van der Waals surface area contributed by atoms with Gasteiger partial charge in [0.25, 0.3) is 0 Å². The Morgan fingerprint density at radius 3 is 2.68 bits per heavy atom. The summed E-state index contributed by atoms with van der Waals surface area (Å²) < 4.78 is 0. The summed E-state index contributed by atoms with van der Waals surface area (Å²) in [7, 11) is 0. The van der Waals surface area contributed by atoms with Gasteiger partial charge in [0, 0.05) is 17.1 Å². The van der Waals surface area contributed by atoms with Gasteiger partial charge in [-0.1, -0.05) is 38.1 Å². The number of nitrogens with zero attached hydrogens (tertiary/aromatic N) is 1. The molecule has 19 heavy (non-hydrogen) atoms. The normalized spacial score (nSPS) is 12.6. The summed E-state index contributed by atoms with van der Waals surface area (Å²) >= 11 is 5.91. The second kappa shape index (κ2) is 6.25. The zero-order valence-corrected chi connectivity index (χ0v) is 12.6. The van der Waals surface area contributed by atoms with E-state index in [2.05, 4.69) is 50.0 Å². The maximum Gasteiger partial charge on any atom is 0.138 e. The van der Waals surface area contributed by atoms with Crippen LogP contribution in [0.1, 0.15) is 30.8 Å². The number of hydrogen-bond donors (Lipinski definition) is 1. The molecular formula is C16H21ClN2. The lowest BCUT2D eigenvalue weighted by Gasteiger charge is -2.06. The van der Waals surface area contributed by atoms with Crippen molar-refractivity contribution in [3.8, 4) is 11.4 Å². The fourth-order valence-corrected chi connectivity index (χ4v) is 2.39. The molecule has 0 amide bonds. The van der Waals surface area contributed by atoms with Crippen molar-refractivity contribution in [3.05, 3.63) is 41.2 Å². The van der Waals surface area contributed by atoms with E-state index in [0.29, 0.717) is 11.8 Å². The highest BCUT2D eigenvalue weighted by Crippen LogP contribution is 2.23. The van der Waals surface area contributed by atoms with E-state index in [9.17, 15) is 0 Å². The van der Waals surface area contributed by atoms with Crippen LogP contribution in [0.15, 0.2) is 24.3 Å². The molecule has 1 heterocycles. The van der Waals surface area contributed by atoms with Gasteiger partial charge < -0.3 is 4.98 Å². The molecule has 0 aliphatic carbocycles. The molecule has 0 aliphatic heterocycles. The first-order chi connectivity index (χ1) is 9.15. The highest BCUT2D eigenvalue weighted by Gasteiger charge is 2.13. The van der Waals surface area contributed by atoms with Crippen molar-refractivity contribution >= 4 is 11.6 Å². The van der Waals surface area contributed by atoms with Crippen molar-refractivity contribution in [3.63, 3.8) is 0 Å². The van der Waals surface area contributed by atoms with Crippen LogP contribution < -0.4 is 0 Å². The van der Waals surface area contributed by atoms with Crippen molar-refractivity contribution in [1.82, 2.24) is 9.97 Å². The Bertz CT molecular complexity index is 545. The monoisotopic (exact) mass is 276 g/mol. The van der Waals surface area contributed by atoms with Crippen LogP contribution in [0.25, 0.3) is 11.4 Å². The summed E-state index contributed by atoms with van der Waals surface area (Å²) in [5, 5.41) is 0. The lowest BCUT2D eigenvalue weighted by molar-refractivity contribution is 0.640. The largest absolute Gasteiger partial charge is 0.342 e. The third-order valence-corrected chi connectivity index (χ3v) is 3.94. The van der Waals surface area contributed by atoms with Gasteiger partial charge in [-0.3, -0.25) is 0 Å². The molecule has 0 spiro atoms. The molecule has 1 N–H and O–H groups in total. The molecule has 0 saturated heterocycles. The minimum atomic E-state index is 0.470. The van der Waals surface area contributed by atoms with Crippen molar-refractivity contribution in [2.45, 2.75) is 33.6 Å². The van der Waals surface area contributed by atoms with Gasteiger partial charge in [-0.15, -0.1) is 11.6 Å². The van der Waals surface area contributed by atoms with Gasteiger partial charge >= 0.3 is 0 Å². The number of aromatic nitrogens is 2. The molecule has 2 aromatic rings. The average Bonchev–Trinajstić information content (AvgIpc) is 2.82. The third kappa shape index (κ3) is 3.19. The molecule has 1 aromatic heterocycles. The van der Waals surface area contributed by atoms with Crippen LogP contribution in [0.2, 0.25) is 0 Å². The smallest absolute Gasteiger partial charge is 0.138 e. The van der Waals surface area contributed by atoms with E-state index in [1.54, 1.807) is 0 Å². The molecule has 1 unspecified atom stereocenters. The standard InChI is InChI=1S/C16H21ClN2/c1-4-14-15(9-11(2)10-17)19-16(18-14)13-8-6-5-7-12(13)3/h5-8,11H,4,9-10H2,1-3H3,(H,18,19). The fourth-order valence-electron chi connectivity index (χ4n) is 2.28. The molecule has 2 nitrogen and oxygen atoms in total. The van der Waals surface area contributed by atoms with Crippen LogP contribution in [0.4, 0.5) is 0 Å². The molecule has 0 aliphatic rings. The van der Waals surface area contributed by atoms with Gasteiger partial charge in [0.2, 0.25) is 0 Å². The van der Waals surface area contributed by atoms with Crippen LogP contribution in [0.5, 0.6) is 0 Å². The van der Waals surface area contributed by atoms with E-state index in [4.69, 9.17) is 16.6 Å². The Kier molecular flexibility index (Phi) is 4.65. The Morgan fingerprint density at radius 1 is 1.32 bits per heavy atom. The molecule has 1 atom stereocenters. The van der Waals surface area contributed by atoms with E-state index in [1.165, 1.54) is 16.8 Å². The number of aromatic amines is 1. The molecule has 0 radical (unpaired) electrons. The molecule has 3 heteroatoms. The topological polar surface area (TPSA) is 28.7 Å². The number of H-pyrrole nitrogens is 1. The van der Waals surface area contributed by atoms with Gasteiger partial charge in [0.15, 0.2) is 0 Å². The van der Waals surface area contributed by atoms with Gasteiger partial charge in [-0.2, -0.15) is 0 Å². The third-order valence-electron chi connectivity index (χ3n) is 3.42. The lowest BCUT2D eigenvalue weighted by Crippen LogP contribution is -2.03. The molecule has 0 saturated carbocycles. The number of aryl methyl sites for hydroxylation is 2. The highest BCUT2D eigenvalue weighted by molar-refractivity contribution is 6.18. The van der Waals surface area contributed by atoms with E-state index in [-0.39, 0.29) is 0 Å². The molecule has 0 fully saturated rings. The van der Waals surface area contributed by atoms with Gasteiger partial charge in [0.05, 0.1) is 5.69 Å². The van der Waals surface area contributed by atoms with Crippen LogP contribution in [0, 0.1) is 12.8 Å². The zero-order chi connectivity index (χ0) is 13.8. The maximum atomic E-state index is 5.91. The molecule has 1 aromatic carbocycles. The number of benzene rings is 1. The predicted molar refractivity (Wildman–Crippen MR) is 81.7 cm³/mol. The van der Waals surface area contributed by atoms with Crippen LogP contribution in [-0.4, -0.2) is 15.8 Å². The number of hydrogen-bond acceptors (Lipinski definition) is 1. The summed E-state index contributed by atoms with van der Waals surface area (Å²) in [6.45, 7) is 6.43. The lowest BCUT2D eigenvalue weighted by atomic mass is 10.1. The number of rotatable bonds is 5. The van der Waals surface area contributed by atoms with Crippen molar-refractivity contribution in [1.29, 1.82) is 0 Å². The Hall–Kier alpha value is -1.28. The minimum Gasteiger partial charge on any atom is -0.342 e.